The van der Waals surface area contributed by atoms with Crippen LogP contribution >= 0.6 is 11.3 Å². The van der Waals surface area contributed by atoms with Gasteiger partial charge in [-0.2, -0.15) is 0 Å². The lowest BCUT2D eigenvalue weighted by molar-refractivity contribution is 0.159. The van der Waals surface area contributed by atoms with Crippen molar-refractivity contribution in [1.29, 1.82) is 0 Å². The Balaban J connectivity index is 1.81. The fraction of sp³-hybridized carbons (Fsp3) is 0.778. The predicted octanol–water partition coefficient (Wildman–Crippen LogP) is 2.87. The Morgan fingerprint density at radius 1 is 1.46 bits per heavy atom. The van der Waals surface area contributed by atoms with E-state index in [-0.39, 0.29) is 0 Å². The van der Waals surface area contributed by atoms with E-state index in [0.29, 0.717) is 12.5 Å². The van der Waals surface area contributed by atoms with Gasteiger partial charge < -0.3 is 15.5 Å². The third kappa shape index (κ3) is 6.77. The Morgan fingerprint density at radius 2 is 2.29 bits per heavy atom. The van der Waals surface area contributed by atoms with Crippen LogP contribution in [0, 0.1) is 18.8 Å². The molecule has 0 aliphatic carbocycles. The molecule has 0 aromatic carbocycles. The molecular weight excluding hydrogens is 318 g/mol. The number of aliphatic imine (C=N–C) groups is 1. The Hall–Kier alpha value is -1.14. The summed E-state index contributed by atoms with van der Waals surface area (Å²) in [6.07, 6.45) is 4.54. The SMILES string of the molecule is CCNC(=NCc1ncc(C)s1)NCC1CCCN(CC(C)C)C1. The summed E-state index contributed by atoms with van der Waals surface area (Å²) in [5.41, 5.74) is 0. The first-order valence-corrected chi connectivity index (χ1v) is 10.0. The summed E-state index contributed by atoms with van der Waals surface area (Å²) in [5.74, 6) is 2.37. The molecule has 1 aromatic rings. The molecule has 5 nitrogen and oxygen atoms in total. The fourth-order valence-corrected chi connectivity index (χ4v) is 3.92. The van der Waals surface area contributed by atoms with Crippen molar-refractivity contribution in [1.82, 2.24) is 20.5 Å². The van der Waals surface area contributed by atoms with Crippen LogP contribution in [0.5, 0.6) is 0 Å². The van der Waals surface area contributed by atoms with Crippen molar-refractivity contribution in [3.8, 4) is 0 Å². The standard InChI is InChI=1S/C18H33N5S/c1-5-19-18(22-11-17-20-9-15(4)24-17)21-10-16-7-6-8-23(13-16)12-14(2)3/h9,14,16H,5-8,10-13H2,1-4H3,(H2,19,21,22). The summed E-state index contributed by atoms with van der Waals surface area (Å²) < 4.78 is 0. The van der Waals surface area contributed by atoms with E-state index in [1.54, 1.807) is 11.3 Å². The van der Waals surface area contributed by atoms with Crippen LogP contribution in [0.15, 0.2) is 11.2 Å². The van der Waals surface area contributed by atoms with E-state index in [9.17, 15) is 0 Å². The second-order valence-electron chi connectivity index (χ2n) is 7.10. The van der Waals surface area contributed by atoms with Crippen LogP contribution < -0.4 is 10.6 Å². The first-order chi connectivity index (χ1) is 11.6. The van der Waals surface area contributed by atoms with Crippen LogP contribution in [0.3, 0.4) is 0 Å². The number of piperidine rings is 1. The molecular formula is C18H33N5S. The quantitative estimate of drug-likeness (QED) is 0.586. The Kier molecular flexibility index (Phi) is 7.99. The van der Waals surface area contributed by atoms with Crippen LogP contribution in [0.2, 0.25) is 0 Å². The van der Waals surface area contributed by atoms with Gasteiger partial charge >= 0.3 is 0 Å². The summed E-state index contributed by atoms with van der Waals surface area (Å²) in [6, 6.07) is 0. The fourth-order valence-electron chi connectivity index (χ4n) is 3.20. The number of hydrogen-bond donors (Lipinski definition) is 2. The minimum Gasteiger partial charge on any atom is -0.357 e. The van der Waals surface area contributed by atoms with E-state index < -0.39 is 0 Å². The summed E-state index contributed by atoms with van der Waals surface area (Å²) in [4.78, 5) is 12.9. The number of aryl methyl sites for hydroxylation is 1. The topological polar surface area (TPSA) is 52.6 Å². The predicted molar refractivity (Wildman–Crippen MR) is 104 cm³/mol. The summed E-state index contributed by atoms with van der Waals surface area (Å²) >= 11 is 1.72. The Bertz CT molecular complexity index is 511. The van der Waals surface area contributed by atoms with Crippen molar-refractivity contribution in [2.75, 3.05) is 32.7 Å². The number of aromatic nitrogens is 1. The van der Waals surface area contributed by atoms with Crippen LogP contribution in [-0.4, -0.2) is 48.6 Å². The average Bonchev–Trinajstić information content (AvgIpc) is 2.95. The number of guanidine groups is 1. The maximum Gasteiger partial charge on any atom is 0.191 e. The van der Waals surface area contributed by atoms with E-state index in [1.807, 2.05) is 6.20 Å². The lowest BCUT2D eigenvalue weighted by Gasteiger charge is -2.34. The second kappa shape index (κ2) is 9.99. The molecule has 2 heterocycles. The van der Waals surface area contributed by atoms with Crippen molar-refractivity contribution in [2.24, 2.45) is 16.8 Å². The molecule has 2 N–H and O–H groups in total. The van der Waals surface area contributed by atoms with E-state index in [4.69, 9.17) is 0 Å². The number of thiazole rings is 1. The number of rotatable bonds is 7. The van der Waals surface area contributed by atoms with Gasteiger partial charge in [0.05, 0.1) is 6.54 Å². The molecule has 0 spiro atoms. The molecule has 1 aromatic heterocycles. The van der Waals surface area contributed by atoms with Gasteiger partial charge in [-0.1, -0.05) is 13.8 Å². The van der Waals surface area contributed by atoms with Crippen LogP contribution in [0.4, 0.5) is 0 Å². The molecule has 0 radical (unpaired) electrons. The van der Waals surface area contributed by atoms with Crippen LogP contribution in [0.25, 0.3) is 0 Å². The van der Waals surface area contributed by atoms with Gasteiger partial charge in [0.25, 0.3) is 0 Å². The Morgan fingerprint density at radius 3 is 2.96 bits per heavy atom. The molecule has 1 saturated heterocycles. The first kappa shape index (κ1) is 19.2. The van der Waals surface area contributed by atoms with Crippen molar-refractivity contribution < 1.29 is 0 Å². The zero-order valence-electron chi connectivity index (χ0n) is 15.6. The van der Waals surface area contributed by atoms with Gasteiger partial charge in [-0.25, -0.2) is 9.98 Å². The number of nitrogens with one attached hydrogen (secondary N) is 2. The van der Waals surface area contributed by atoms with Gasteiger partial charge in [0, 0.05) is 37.3 Å². The van der Waals surface area contributed by atoms with Gasteiger partial charge in [0.2, 0.25) is 0 Å². The molecule has 0 bridgehead atoms. The monoisotopic (exact) mass is 351 g/mol. The van der Waals surface area contributed by atoms with Gasteiger partial charge in [0.15, 0.2) is 5.96 Å². The smallest absolute Gasteiger partial charge is 0.191 e. The van der Waals surface area contributed by atoms with Crippen molar-refractivity contribution in [2.45, 2.75) is 47.1 Å². The van der Waals surface area contributed by atoms with E-state index in [1.165, 1.54) is 37.4 Å². The van der Waals surface area contributed by atoms with E-state index >= 15 is 0 Å². The van der Waals surface area contributed by atoms with Gasteiger partial charge in [-0.3, -0.25) is 0 Å². The minimum atomic E-state index is 0.651. The molecule has 6 heteroatoms. The van der Waals surface area contributed by atoms with Gasteiger partial charge in [-0.05, 0) is 45.1 Å². The molecule has 1 unspecified atom stereocenters. The zero-order chi connectivity index (χ0) is 17.4. The highest BCUT2D eigenvalue weighted by molar-refractivity contribution is 7.11. The average molecular weight is 352 g/mol. The molecule has 2 rings (SSSR count). The molecule has 0 saturated carbocycles. The highest BCUT2D eigenvalue weighted by Gasteiger charge is 2.20. The van der Waals surface area contributed by atoms with E-state index in [2.05, 4.69) is 53.2 Å². The zero-order valence-corrected chi connectivity index (χ0v) is 16.5. The largest absolute Gasteiger partial charge is 0.357 e. The molecule has 0 amide bonds. The first-order valence-electron chi connectivity index (χ1n) is 9.22. The summed E-state index contributed by atoms with van der Waals surface area (Å²) in [7, 11) is 0. The molecule has 24 heavy (non-hydrogen) atoms. The summed E-state index contributed by atoms with van der Waals surface area (Å²) in [6.45, 7) is 15.0. The molecule has 1 aliphatic heterocycles. The van der Waals surface area contributed by atoms with Crippen molar-refractivity contribution in [3.63, 3.8) is 0 Å². The van der Waals surface area contributed by atoms with Crippen LogP contribution in [-0.2, 0) is 6.54 Å². The molecule has 1 fully saturated rings. The minimum absolute atomic E-state index is 0.651. The highest BCUT2D eigenvalue weighted by atomic mass is 32.1. The third-order valence-corrected chi connectivity index (χ3v) is 5.07. The normalized spacial score (nSPS) is 19.7. The van der Waals surface area contributed by atoms with E-state index in [0.717, 1.165) is 30.0 Å². The van der Waals surface area contributed by atoms with Crippen molar-refractivity contribution in [3.05, 3.63) is 16.1 Å². The van der Waals surface area contributed by atoms with Gasteiger partial charge in [-0.15, -0.1) is 11.3 Å². The molecule has 136 valence electrons. The maximum atomic E-state index is 4.68. The van der Waals surface area contributed by atoms with Crippen LogP contribution in [0.1, 0.15) is 43.5 Å². The lowest BCUT2D eigenvalue weighted by Crippen LogP contribution is -2.45. The number of nitrogens with zero attached hydrogens (tertiary/aromatic N) is 3. The second-order valence-corrected chi connectivity index (χ2v) is 8.42. The lowest BCUT2D eigenvalue weighted by atomic mass is 9.97. The van der Waals surface area contributed by atoms with Crippen molar-refractivity contribution >= 4 is 17.3 Å². The van der Waals surface area contributed by atoms with Gasteiger partial charge in [0.1, 0.15) is 5.01 Å². The number of likely N-dealkylation sites (tertiary alicyclic amines) is 1. The third-order valence-electron chi connectivity index (χ3n) is 4.17. The molecule has 1 aliphatic rings. The number of hydrogen-bond acceptors (Lipinski definition) is 4. The highest BCUT2D eigenvalue weighted by Crippen LogP contribution is 2.17. The molecule has 1 atom stereocenters. The summed E-state index contributed by atoms with van der Waals surface area (Å²) in [5, 5.41) is 7.95. The Labute approximate surface area is 151 Å². The maximum absolute atomic E-state index is 4.68.